The molecule has 1 aromatic rings. The van der Waals surface area contributed by atoms with Gasteiger partial charge in [-0.05, 0) is 57.3 Å². The van der Waals surface area contributed by atoms with Crippen molar-refractivity contribution in [2.45, 2.75) is 57.9 Å². The molecule has 128 valence electrons. The van der Waals surface area contributed by atoms with Crippen molar-refractivity contribution in [2.75, 3.05) is 5.43 Å². The Morgan fingerprint density at radius 1 is 1.33 bits per heavy atom. The summed E-state index contributed by atoms with van der Waals surface area (Å²) in [4.78, 5) is 29.7. The third-order valence-corrected chi connectivity index (χ3v) is 5.64. The zero-order valence-corrected chi connectivity index (χ0v) is 13.9. The first kappa shape index (κ1) is 15.4. The Bertz CT molecular complexity index is 744. The van der Waals surface area contributed by atoms with Crippen LogP contribution in [0.3, 0.4) is 0 Å². The minimum Gasteiger partial charge on any atom is -0.304 e. The Morgan fingerprint density at radius 3 is 2.75 bits per heavy atom. The van der Waals surface area contributed by atoms with Gasteiger partial charge < -0.3 is 4.57 Å². The predicted molar refractivity (Wildman–Crippen MR) is 91.5 cm³/mol. The minimum absolute atomic E-state index is 0.0131. The highest BCUT2D eigenvalue weighted by molar-refractivity contribution is 5.86. The van der Waals surface area contributed by atoms with Gasteiger partial charge in [0, 0.05) is 12.2 Å². The molecule has 2 N–H and O–H groups in total. The Morgan fingerprint density at radius 2 is 2.08 bits per heavy atom. The van der Waals surface area contributed by atoms with E-state index in [9.17, 15) is 9.59 Å². The minimum atomic E-state index is -0.188. The van der Waals surface area contributed by atoms with Crippen LogP contribution in [0.25, 0.3) is 0 Å². The van der Waals surface area contributed by atoms with Crippen molar-refractivity contribution in [3.63, 3.8) is 0 Å². The average molecular weight is 328 g/mol. The van der Waals surface area contributed by atoms with Gasteiger partial charge in [0.15, 0.2) is 0 Å². The number of nitrogens with one attached hydrogen (secondary N) is 2. The number of aromatic nitrogens is 2. The highest BCUT2D eigenvalue weighted by Crippen LogP contribution is 2.61. The number of carbonyl (C=O) groups is 1. The number of carbonyl (C=O) groups excluding carboxylic acids is 1. The van der Waals surface area contributed by atoms with Crippen LogP contribution in [-0.4, -0.2) is 15.5 Å². The zero-order chi connectivity index (χ0) is 16.7. The maximum Gasteiger partial charge on any atom is 0.295 e. The van der Waals surface area contributed by atoms with Crippen LogP contribution in [0.1, 0.15) is 49.9 Å². The van der Waals surface area contributed by atoms with Crippen LogP contribution in [0, 0.1) is 11.3 Å². The molecule has 4 rings (SSSR count). The molecular weight excluding hydrogens is 304 g/mol. The Kier molecular flexibility index (Phi) is 3.70. The van der Waals surface area contributed by atoms with Gasteiger partial charge in [0.1, 0.15) is 0 Å². The SMILES string of the molecule is C=CCn1c2c(nc(NNC(=O)C3(C4CC4)CC3)c1=O)CCCC2. The topological polar surface area (TPSA) is 76.0 Å². The molecule has 24 heavy (non-hydrogen) atoms. The summed E-state index contributed by atoms with van der Waals surface area (Å²) in [5.41, 5.74) is 7.17. The van der Waals surface area contributed by atoms with E-state index >= 15 is 0 Å². The molecule has 6 nitrogen and oxygen atoms in total. The molecule has 0 radical (unpaired) electrons. The second-order valence-electron chi connectivity index (χ2n) is 7.27. The van der Waals surface area contributed by atoms with E-state index in [-0.39, 0.29) is 22.7 Å². The summed E-state index contributed by atoms with van der Waals surface area (Å²) < 4.78 is 1.73. The summed E-state index contributed by atoms with van der Waals surface area (Å²) in [5, 5.41) is 0. The third kappa shape index (κ3) is 2.54. The summed E-state index contributed by atoms with van der Waals surface area (Å²) >= 11 is 0. The van der Waals surface area contributed by atoms with Gasteiger partial charge in [-0.15, -0.1) is 6.58 Å². The van der Waals surface area contributed by atoms with Crippen molar-refractivity contribution < 1.29 is 4.79 Å². The first-order chi connectivity index (χ1) is 11.7. The van der Waals surface area contributed by atoms with E-state index in [0.29, 0.717) is 12.5 Å². The van der Waals surface area contributed by atoms with Crippen LogP contribution >= 0.6 is 0 Å². The first-order valence-electron chi connectivity index (χ1n) is 8.95. The number of allylic oxidation sites excluding steroid dienone is 1. The fourth-order valence-electron chi connectivity index (χ4n) is 3.95. The second-order valence-corrected chi connectivity index (χ2v) is 7.27. The van der Waals surface area contributed by atoms with E-state index in [2.05, 4.69) is 22.4 Å². The van der Waals surface area contributed by atoms with Gasteiger partial charge in [0.05, 0.1) is 11.1 Å². The van der Waals surface area contributed by atoms with Crippen molar-refractivity contribution >= 4 is 11.7 Å². The second kappa shape index (κ2) is 5.76. The van der Waals surface area contributed by atoms with E-state index in [1.165, 1.54) is 0 Å². The summed E-state index contributed by atoms with van der Waals surface area (Å²) in [6.45, 7) is 4.22. The lowest BCUT2D eigenvalue weighted by Gasteiger charge is -2.21. The lowest BCUT2D eigenvalue weighted by molar-refractivity contribution is -0.126. The van der Waals surface area contributed by atoms with Gasteiger partial charge in [-0.2, -0.15) is 0 Å². The number of anilines is 1. The monoisotopic (exact) mass is 328 g/mol. The number of amides is 1. The van der Waals surface area contributed by atoms with Crippen molar-refractivity contribution in [3.05, 3.63) is 34.4 Å². The number of hydrogen-bond acceptors (Lipinski definition) is 4. The maximum absolute atomic E-state index is 12.7. The lowest BCUT2D eigenvalue weighted by atomic mass is 10.00. The Labute approximate surface area is 141 Å². The molecule has 1 aromatic heterocycles. The van der Waals surface area contributed by atoms with Crippen molar-refractivity contribution in [1.29, 1.82) is 0 Å². The van der Waals surface area contributed by atoms with Crippen LogP contribution in [0.4, 0.5) is 5.82 Å². The van der Waals surface area contributed by atoms with Crippen molar-refractivity contribution in [1.82, 2.24) is 15.0 Å². The molecule has 0 bridgehead atoms. The number of hydrazine groups is 1. The molecular formula is C18H24N4O2. The molecule has 0 unspecified atom stereocenters. The van der Waals surface area contributed by atoms with E-state index in [1.54, 1.807) is 10.6 Å². The van der Waals surface area contributed by atoms with Crippen LogP contribution in [0.5, 0.6) is 0 Å². The van der Waals surface area contributed by atoms with E-state index in [0.717, 1.165) is 62.8 Å². The van der Waals surface area contributed by atoms with Gasteiger partial charge in [0.25, 0.3) is 5.56 Å². The summed E-state index contributed by atoms with van der Waals surface area (Å²) in [6.07, 6.45) is 9.87. The number of fused-ring (bicyclic) bond motifs is 1. The molecule has 0 atom stereocenters. The number of aryl methyl sites for hydroxylation is 1. The van der Waals surface area contributed by atoms with Crippen molar-refractivity contribution in [3.8, 4) is 0 Å². The van der Waals surface area contributed by atoms with Crippen LogP contribution in [0.15, 0.2) is 17.4 Å². The molecule has 0 aliphatic heterocycles. The van der Waals surface area contributed by atoms with Crippen LogP contribution < -0.4 is 16.4 Å². The first-order valence-corrected chi connectivity index (χ1v) is 8.95. The zero-order valence-electron chi connectivity index (χ0n) is 13.9. The largest absolute Gasteiger partial charge is 0.304 e. The molecule has 1 amide bonds. The number of nitrogens with zero attached hydrogens (tertiary/aromatic N) is 2. The van der Waals surface area contributed by atoms with Crippen molar-refractivity contribution in [2.24, 2.45) is 11.3 Å². The molecule has 2 saturated carbocycles. The molecule has 3 aliphatic rings. The van der Waals surface area contributed by atoms with E-state index in [4.69, 9.17) is 0 Å². The average Bonchev–Trinajstić information content (AvgIpc) is 3.47. The molecule has 0 aromatic carbocycles. The Balaban J connectivity index is 1.56. The number of rotatable bonds is 6. The fraction of sp³-hybridized carbons (Fsp3) is 0.611. The highest BCUT2D eigenvalue weighted by atomic mass is 16.2. The summed E-state index contributed by atoms with van der Waals surface area (Å²) in [5.74, 6) is 0.768. The highest BCUT2D eigenvalue weighted by Gasteiger charge is 2.59. The molecule has 1 heterocycles. The molecule has 0 saturated heterocycles. The predicted octanol–water partition coefficient (Wildman–Crippen LogP) is 1.94. The molecule has 3 aliphatic carbocycles. The Hall–Kier alpha value is -2.11. The standard InChI is InChI=1S/C18H24N4O2/c1-2-11-22-14-6-4-3-5-13(14)19-15(16(22)23)20-21-17(24)18(9-10-18)12-7-8-12/h2,12H,1,3-11H2,(H,19,20)(H,21,24). The number of hydrogen-bond donors (Lipinski definition) is 2. The van der Waals surface area contributed by atoms with Gasteiger partial charge in [-0.1, -0.05) is 6.08 Å². The van der Waals surface area contributed by atoms with Gasteiger partial charge in [0.2, 0.25) is 11.7 Å². The van der Waals surface area contributed by atoms with E-state index in [1.807, 2.05) is 0 Å². The third-order valence-electron chi connectivity index (χ3n) is 5.64. The smallest absolute Gasteiger partial charge is 0.295 e. The molecule has 2 fully saturated rings. The fourth-order valence-corrected chi connectivity index (χ4v) is 3.95. The molecule has 0 spiro atoms. The van der Waals surface area contributed by atoms with E-state index < -0.39 is 0 Å². The van der Waals surface area contributed by atoms with Crippen LogP contribution in [-0.2, 0) is 24.2 Å². The van der Waals surface area contributed by atoms with Gasteiger partial charge >= 0.3 is 0 Å². The summed E-state index contributed by atoms with van der Waals surface area (Å²) in [7, 11) is 0. The maximum atomic E-state index is 12.7. The normalized spacial score (nSPS) is 20.8. The van der Waals surface area contributed by atoms with Gasteiger partial charge in [-0.3, -0.25) is 20.4 Å². The summed E-state index contributed by atoms with van der Waals surface area (Å²) in [6, 6.07) is 0. The lowest BCUT2D eigenvalue weighted by Crippen LogP contribution is -2.40. The molecule has 6 heteroatoms. The van der Waals surface area contributed by atoms with Gasteiger partial charge in [-0.25, -0.2) is 4.98 Å². The quantitative estimate of drug-likeness (QED) is 0.618. The van der Waals surface area contributed by atoms with Crippen LogP contribution in [0.2, 0.25) is 0 Å².